The number of hydrogen-bond acceptors (Lipinski definition) is 7. The smallest absolute Gasteiger partial charge is 0.277 e. The highest BCUT2D eigenvalue weighted by atomic mass is 16.5. The van der Waals surface area contributed by atoms with Crippen LogP contribution in [0.25, 0.3) is 22.0 Å². The number of carbonyl (C=O) groups is 2. The fourth-order valence-corrected chi connectivity index (χ4v) is 4.09. The van der Waals surface area contributed by atoms with E-state index in [1.165, 1.54) is 41.5 Å². The monoisotopic (exact) mass is 458 g/mol. The Morgan fingerprint density at radius 1 is 1.15 bits per heavy atom. The predicted octanol–water partition coefficient (Wildman–Crippen LogP) is 3.55. The molecule has 34 heavy (non-hydrogen) atoms. The lowest BCUT2D eigenvalue weighted by Crippen LogP contribution is -2.31. The number of rotatable bonds is 4. The van der Waals surface area contributed by atoms with Gasteiger partial charge in [-0.25, -0.2) is 15.4 Å². The number of amides is 1. The van der Waals surface area contributed by atoms with Gasteiger partial charge in [0, 0.05) is 66.8 Å². The van der Waals surface area contributed by atoms with Crippen LogP contribution in [0.15, 0.2) is 54.9 Å². The van der Waals surface area contributed by atoms with Crippen molar-refractivity contribution in [3.8, 4) is 11.1 Å². The van der Waals surface area contributed by atoms with Gasteiger partial charge in [0.2, 0.25) is 5.95 Å². The van der Waals surface area contributed by atoms with Crippen LogP contribution in [0, 0.1) is 0 Å². The summed E-state index contributed by atoms with van der Waals surface area (Å²) in [6.45, 7) is 2.91. The Balaban J connectivity index is 0.000000868. The van der Waals surface area contributed by atoms with Crippen molar-refractivity contribution in [2.45, 2.75) is 19.9 Å². The quantitative estimate of drug-likeness (QED) is 0.209. The summed E-state index contributed by atoms with van der Waals surface area (Å²) in [7, 11) is 1.92. The maximum absolute atomic E-state index is 11.5. The normalized spacial score (nSPS) is 12.4. The molecule has 0 saturated heterocycles. The van der Waals surface area contributed by atoms with Crippen LogP contribution in [-0.2, 0) is 17.8 Å². The second-order valence-corrected chi connectivity index (χ2v) is 7.79. The average molecular weight is 459 g/mol. The molecule has 1 amide bonds. The molecule has 2 aromatic carbocycles. The number of hydroxylamine groups is 1. The van der Waals surface area contributed by atoms with Crippen LogP contribution in [0.3, 0.4) is 0 Å². The van der Waals surface area contributed by atoms with E-state index in [4.69, 9.17) is 10.0 Å². The van der Waals surface area contributed by atoms with Gasteiger partial charge in [0.1, 0.15) is 6.29 Å². The van der Waals surface area contributed by atoms with Gasteiger partial charge in [-0.2, -0.15) is 0 Å². The van der Waals surface area contributed by atoms with Crippen molar-refractivity contribution in [1.29, 1.82) is 0 Å². The Labute approximate surface area is 196 Å². The molecule has 0 fully saturated rings. The molecular weight excluding hydrogens is 432 g/mol. The Kier molecular flexibility index (Phi) is 6.84. The van der Waals surface area contributed by atoms with Gasteiger partial charge >= 0.3 is 0 Å². The molecule has 1 aliphatic rings. The Morgan fingerprint density at radius 3 is 2.59 bits per heavy atom. The minimum atomic E-state index is -0.626. The first-order valence-electron chi connectivity index (χ1n) is 10.9. The summed E-state index contributed by atoms with van der Waals surface area (Å²) in [4.78, 5) is 34.6. The molecular formula is C25H26N6O3. The highest BCUT2D eigenvalue weighted by Crippen LogP contribution is 2.33. The lowest BCUT2D eigenvalue weighted by Gasteiger charge is -2.27. The van der Waals surface area contributed by atoms with E-state index in [1.807, 2.05) is 13.1 Å². The molecule has 4 aromatic rings. The number of fused-ring (bicyclic) bond motifs is 3. The summed E-state index contributed by atoms with van der Waals surface area (Å²) in [6.07, 6.45) is 4.45. The number of aromatic nitrogens is 3. The van der Waals surface area contributed by atoms with Crippen LogP contribution in [0.5, 0.6) is 0 Å². The number of nitrogens with zero attached hydrogens (tertiary/aromatic N) is 3. The van der Waals surface area contributed by atoms with E-state index in [1.54, 1.807) is 5.48 Å². The van der Waals surface area contributed by atoms with E-state index in [2.05, 4.69) is 61.6 Å². The SMILES string of the molecule is CC=O.CNc1cccc(-c2ccc3[nH]c4c(c3c2)CN(c2ncc(C(=O)NO)cn2)CC4)c1. The van der Waals surface area contributed by atoms with Crippen LogP contribution in [-0.4, -0.2) is 45.9 Å². The number of aldehydes is 1. The Hall–Kier alpha value is -4.24. The molecule has 0 atom stereocenters. The van der Waals surface area contributed by atoms with Crippen molar-refractivity contribution in [2.24, 2.45) is 0 Å². The van der Waals surface area contributed by atoms with Gasteiger partial charge in [0.15, 0.2) is 0 Å². The minimum absolute atomic E-state index is 0.212. The first-order chi connectivity index (χ1) is 16.6. The Bertz CT molecular complexity index is 1320. The number of nitrogens with one attached hydrogen (secondary N) is 3. The third kappa shape index (κ3) is 4.60. The first-order valence-corrected chi connectivity index (χ1v) is 10.9. The van der Waals surface area contributed by atoms with E-state index in [0.29, 0.717) is 12.5 Å². The highest BCUT2D eigenvalue weighted by molar-refractivity contribution is 5.93. The standard InChI is InChI=1S/C23H22N6O2.C2H4O/c1-24-17-4-2-3-14(9-17)15-5-6-20-18(10-15)19-13-29(8-7-21(19)27-20)23-25-11-16(12-26-23)22(30)28-31;1-2-3/h2-6,9-12,24,27,31H,7-8,13H2,1H3,(H,28,30);2H,1H3. The molecule has 0 spiro atoms. The van der Waals surface area contributed by atoms with Crippen molar-refractivity contribution in [3.63, 3.8) is 0 Å². The number of carbonyl (C=O) groups excluding carboxylic acids is 2. The van der Waals surface area contributed by atoms with Crippen molar-refractivity contribution >= 4 is 34.7 Å². The third-order valence-corrected chi connectivity index (χ3v) is 5.74. The topological polar surface area (TPSA) is 123 Å². The molecule has 2 aromatic heterocycles. The second kappa shape index (κ2) is 10.1. The van der Waals surface area contributed by atoms with Gasteiger partial charge in [-0.3, -0.25) is 10.0 Å². The zero-order valence-corrected chi connectivity index (χ0v) is 19.0. The molecule has 0 radical (unpaired) electrons. The predicted molar refractivity (Wildman–Crippen MR) is 131 cm³/mol. The summed E-state index contributed by atoms with van der Waals surface area (Å²) in [5.41, 5.74) is 8.82. The molecule has 4 N–H and O–H groups in total. The van der Waals surface area contributed by atoms with Crippen LogP contribution < -0.4 is 15.7 Å². The van der Waals surface area contributed by atoms with E-state index in [-0.39, 0.29) is 5.56 Å². The molecule has 9 heteroatoms. The number of hydrogen-bond donors (Lipinski definition) is 4. The van der Waals surface area contributed by atoms with Crippen LogP contribution in [0.2, 0.25) is 0 Å². The summed E-state index contributed by atoms with van der Waals surface area (Å²) >= 11 is 0. The van der Waals surface area contributed by atoms with Gasteiger partial charge in [-0.1, -0.05) is 18.2 Å². The van der Waals surface area contributed by atoms with Crippen LogP contribution in [0.1, 0.15) is 28.5 Å². The summed E-state index contributed by atoms with van der Waals surface area (Å²) < 4.78 is 0. The van der Waals surface area contributed by atoms with E-state index >= 15 is 0 Å². The van der Waals surface area contributed by atoms with Gasteiger partial charge in [-0.05, 0) is 42.3 Å². The minimum Gasteiger partial charge on any atom is -0.388 e. The molecule has 0 saturated carbocycles. The maximum atomic E-state index is 11.5. The lowest BCUT2D eigenvalue weighted by molar-refractivity contribution is -0.106. The molecule has 3 heterocycles. The van der Waals surface area contributed by atoms with E-state index in [9.17, 15) is 4.79 Å². The van der Waals surface area contributed by atoms with Crippen molar-refractivity contribution in [1.82, 2.24) is 20.4 Å². The van der Waals surface area contributed by atoms with Crippen LogP contribution >= 0.6 is 0 Å². The molecule has 0 unspecified atom stereocenters. The van der Waals surface area contributed by atoms with Gasteiger partial charge < -0.3 is 20.0 Å². The van der Waals surface area contributed by atoms with Crippen molar-refractivity contribution in [2.75, 3.05) is 23.8 Å². The maximum Gasteiger partial charge on any atom is 0.277 e. The first kappa shape index (κ1) is 22.9. The van der Waals surface area contributed by atoms with Gasteiger partial charge in [0.05, 0.1) is 5.56 Å². The fraction of sp³-hybridized carbons (Fsp3) is 0.200. The van der Waals surface area contributed by atoms with E-state index in [0.717, 1.165) is 36.0 Å². The number of aromatic amines is 1. The largest absolute Gasteiger partial charge is 0.388 e. The molecule has 5 rings (SSSR count). The molecule has 0 aliphatic carbocycles. The number of H-pyrrole nitrogens is 1. The summed E-state index contributed by atoms with van der Waals surface area (Å²) in [5.74, 6) is -0.0636. The molecule has 9 nitrogen and oxygen atoms in total. The van der Waals surface area contributed by atoms with E-state index < -0.39 is 5.91 Å². The number of benzene rings is 2. The zero-order valence-electron chi connectivity index (χ0n) is 19.0. The summed E-state index contributed by atoms with van der Waals surface area (Å²) in [6, 6.07) is 14.9. The molecule has 1 aliphatic heterocycles. The third-order valence-electron chi connectivity index (χ3n) is 5.74. The second-order valence-electron chi connectivity index (χ2n) is 7.79. The zero-order chi connectivity index (χ0) is 24.1. The lowest BCUT2D eigenvalue weighted by atomic mass is 9.99. The molecule has 0 bridgehead atoms. The Morgan fingerprint density at radius 2 is 1.88 bits per heavy atom. The van der Waals surface area contributed by atoms with Gasteiger partial charge in [-0.15, -0.1) is 0 Å². The summed E-state index contributed by atoms with van der Waals surface area (Å²) in [5, 5.41) is 13.1. The van der Waals surface area contributed by atoms with Crippen LogP contribution in [0.4, 0.5) is 11.6 Å². The van der Waals surface area contributed by atoms with Crippen molar-refractivity contribution in [3.05, 3.63) is 71.7 Å². The highest BCUT2D eigenvalue weighted by Gasteiger charge is 2.23. The fourth-order valence-electron chi connectivity index (χ4n) is 4.09. The number of anilines is 2. The van der Waals surface area contributed by atoms with Gasteiger partial charge in [0.25, 0.3) is 5.91 Å². The van der Waals surface area contributed by atoms with Crippen molar-refractivity contribution < 1.29 is 14.8 Å². The molecule has 174 valence electrons. The average Bonchev–Trinajstić information content (AvgIpc) is 3.26.